The van der Waals surface area contributed by atoms with Gasteiger partial charge in [0.1, 0.15) is 0 Å². The second kappa shape index (κ2) is 5.64. The fraction of sp³-hybridized carbons (Fsp3) is 0.647. The summed E-state index contributed by atoms with van der Waals surface area (Å²) in [6.07, 6.45) is 3.74. The maximum atomic E-state index is 10.4. The Morgan fingerprint density at radius 2 is 1.89 bits per heavy atom. The van der Waals surface area contributed by atoms with Crippen molar-refractivity contribution in [1.29, 1.82) is 0 Å². The van der Waals surface area contributed by atoms with E-state index < -0.39 is 6.10 Å². The highest BCUT2D eigenvalue weighted by Crippen LogP contribution is 2.28. The number of hydrogen-bond acceptors (Lipinski definition) is 2. The average Bonchev–Trinajstić information content (AvgIpc) is 2.74. The predicted molar refractivity (Wildman–Crippen MR) is 78.4 cm³/mol. The molecule has 0 amide bonds. The minimum Gasteiger partial charge on any atom is -0.390 e. The quantitative estimate of drug-likeness (QED) is 0.903. The van der Waals surface area contributed by atoms with E-state index in [1.807, 2.05) is 0 Å². The van der Waals surface area contributed by atoms with Gasteiger partial charge in [0.2, 0.25) is 0 Å². The molecule has 2 heteroatoms. The van der Waals surface area contributed by atoms with Crippen LogP contribution in [-0.4, -0.2) is 24.4 Å². The lowest BCUT2D eigenvalue weighted by molar-refractivity contribution is -0.0699. The molecule has 19 heavy (non-hydrogen) atoms. The van der Waals surface area contributed by atoms with E-state index in [0.29, 0.717) is 6.42 Å². The topological polar surface area (TPSA) is 29.5 Å². The van der Waals surface area contributed by atoms with Crippen LogP contribution in [0, 0.1) is 5.41 Å². The number of methoxy groups -OCH3 is 1. The van der Waals surface area contributed by atoms with Crippen LogP contribution in [0.5, 0.6) is 0 Å². The van der Waals surface area contributed by atoms with Gasteiger partial charge in [0.25, 0.3) is 0 Å². The number of rotatable bonds is 4. The molecular formula is C17H26O2. The molecule has 0 fully saturated rings. The fourth-order valence-electron chi connectivity index (χ4n) is 3.19. The standard InChI is InChI=1S/C17H26O2/c1-17(2,3)16(19-4)15(18)11-12-8-9-13-6-5-7-14(13)10-12/h8-10,15-16,18H,5-7,11H2,1-4H3. The van der Waals surface area contributed by atoms with E-state index in [1.165, 1.54) is 36.0 Å². The number of fused-ring (bicyclic) bond motifs is 1. The highest BCUT2D eigenvalue weighted by molar-refractivity contribution is 5.35. The molecule has 0 saturated heterocycles. The van der Waals surface area contributed by atoms with E-state index in [2.05, 4.69) is 39.0 Å². The summed E-state index contributed by atoms with van der Waals surface area (Å²) < 4.78 is 5.49. The van der Waals surface area contributed by atoms with Gasteiger partial charge in [-0.15, -0.1) is 0 Å². The van der Waals surface area contributed by atoms with Crippen molar-refractivity contribution in [2.45, 2.75) is 58.7 Å². The van der Waals surface area contributed by atoms with E-state index in [9.17, 15) is 5.11 Å². The number of hydrogen-bond donors (Lipinski definition) is 1. The lowest BCUT2D eigenvalue weighted by Gasteiger charge is -2.33. The van der Waals surface area contributed by atoms with E-state index >= 15 is 0 Å². The maximum Gasteiger partial charge on any atom is 0.0881 e. The first-order valence-electron chi connectivity index (χ1n) is 7.23. The van der Waals surface area contributed by atoms with Crippen LogP contribution >= 0.6 is 0 Å². The van der Waals surface area contributed by atoms with E-state index in [0.717, 1.165) is 0 Å². The van der Waals surface area contributed by atoms with Crippen LogP contribution in [0.15, 0.2) is 18.2 Å². The van der Waals surface area contributed by atoms with E-state index in [1.54, 1.807) is 7.11 Å². The van der Waals surface area contributed by atoms with Crippen molar-refractivity contribution in [1.82, 2.24) is 0 Å². The van der Waals surface area contributed by atoms with Crippen molar-refractivity contribution in [3.8, 4) is 0 Å². The van der Waals surface area contributed by atoms with Crippen LogP contribution in [0.4, 0.5) is 0 Å². The SMILES string of the molecule is COC(C(O)Cc1ccc2c(c1)CCC2)C(C)(C)C. The molecule has 0 spiro atoms. The zero-order chi connectivity index (χ0) is 14.0. The lowest BCUT2D eigenvalue weighted by Crippen LogP contribution is -2.40. The number of benzene rings is 1. The largest absolute Gasteiger partial charge is 0.390 e. The van der Waals surface area contributed by atoms with Crippen molar-refractivity contribution in [3.05, 3.63) is 34.9 Å². The van der Waals surface area contributed by atoms with Gasteiger partial charge in [0.05, 0.1) is 12.2 Å². The normalized spacial score (nSPS) is 18.2. The Morgan fingerprint density at radius 3 is 2.53 bits per heavy atom. The molecule has 1 aromatic carbocycles. The molecule has 106 valence electrons. The summed E-state index contributed by atoms with van der Waals surface area (Å²) in [4.78, 5) is 0. The molecule has 2 atom stereocenters. The summed E-state index contributed by atoms with van der Waals surface area (Å²) in [6, 6.07) is 6.65. The summed E-state index contributed by atoms with van der Waals surface area (Å²) >= 11 is 0. The summed E-state index contributed by atoms with van der Waals surface area (Å²) in [6.45, 7) is 6.31. The molecule has 2 rings (SSSR count). The first-order valence-corrected chi connectivity index (χ1v) is 7.23. The van der Waals surface area contributed by atoms with Gasteiger partial charge in [-0.1, -0.05) is 39.0 Å². The van der Waals surface area contributed by atoms with Crippen LogP contribution in [0.2, 0.25) is 0 Å². The molecule has 1 aliphatic carbocycles. The molecule has 2 unspecified atom stereocenters. The van der Waals surface area contributed by atoms with Crippen LogP contribution in [0.3, 0.4) is 0 Å². The number of aryl methyl sites for hydroxylation is 2. The molecule has 0 saturated carbocycles. The van der Waals surface area contributed by atoms with Gasteiger partial charge in [0.15, 0.2) is 0 Å². The first-order chi connectivity index (χ1) is 8.91. The zero-order valence-electron chi connectivity index (χ0n) is 12.6. The maximum absolute atomic E-state index is 10.4. The van der Waals surface area contributed by atoms with Crippen LogP contribution in [0.25, 0.3) is 0 Å². The van der Waals surface area contributed by atoms with Crippen LogP contribution < -0.4 is 0 Å². The zero-order valence-corrected chi connectivity index (χ0v) is 12.6. The first kappa shape index (κ1) is 14.5. The second-order valence-electron chi connectivity index (χ2n) is 6.75. The third-order valence-electron chi connectivity index (χ3n) is 4.06. The third-order valence-corrected chi connectivity index (χ3v) is 4.06. The lowest BCUT2D eigenvalue weighted by atomic mass is 9.83. The molecule has 1 aliphatic rings. The second-order valence-corrected chi connectivity index (χ2v) is 6.75. The molecule has 1 aromatic rings. The Labute approximate surface area is 116 Å². The molecule has 0 aromatic heterocycles. The Bertz CT molecular complexity index is 431. The Hall–Kier alpha value is -0.860. The fourth-order valence-corrected chi connectivity index (χ4v) is 3.19. The molecular weight excluding hydrogens is 236 g/mol. The molecule has 0 radical (unpaired) electrons. The predicted octanol–water partition coefficient (Wildman–Crippen LogP) is 3.14. The minimum absolute atomic E-state index is 0.0507. The van der Waals surface area contributed by atoms with Crippen molar-refractivity contribution >= 4 is 0 Å². The summed E-state index contributed by atoms with van der Waals surface area (Å²) in [5.41, 5.74) is 4.12. The third kappa shape index (κ3) is 3.37. The van der Waals surface area contributed by atoms with Gasteiger partial charge >= 0.3 is 0 Å². The number of aliphatic hydroxyl groups excluding tert-OH is 1. The number of aliphatic hydroxyl groups is 1. The van der Waals surface area contributed by atoms with Crippen LogP contribution in [-0.2, 0) is 24.0 Å². The molecule has 0 bridgehead atoms. The molecule has 0 heterocycles. The van der Waals surface area contributed by atoms with Crippen molar-refractivity contribution in [3.63, 3.8) is 0 Å². The Morgan fingerprint density at radius 1 is 1.21 bits per heavy atom. The summed E-state index contributed by atoms with van der Waals surface area (Å²) in [7, 11) is 1.68. The van der Waals surface area contributed by atoms with Gasteiger partial charge < -0.3 is 9.84 Å². The van der Waals surface area contributed by atoms with Gasteiger partial charge in [-0.2, -0.15) is 0 Å². The van der Waals surface area contributed by atoms with Gasteiger partial charge in [0, 0.05) is 13.5 Å². The van der Waals surface area contributed by atoms with Gasteiger partial charge in [-0.3, -0.25) is 0 Å². The monoisotopic (exact) mass is 262 g/mol. The van der Waals surface area contributed by atoms with Crippen molar-refractivity contribution in [2.75, 3.05) is 7.11 Å². The molecule has 1 N–H and O–H groups in total. The average molecular weight is 262 g/mol. The van der Waals surface area contributed by atoms with Gasteiger partial charge in [-0.25, -0.2) is 0 Å². The molecule has 2 nitrogen and oxygen atoms in total. The van der Waals surface area contributed by atoms with Gasteiger partial charge in [-0.05, 0) is 41.4 Å². The molecule has 0 aliphatic heterocycles. The highest BCUT2D eigenvalue weighted by Gasteiger charge is 2.31. The van der Waals surface area contributed by atoms with E-state index in [4.69, 9.17) is 4.74 Å². The Kier molecular flexibility index (Phi) is 4.32. The van der Waals surface area contributed by atoms with E-state index in [-0.39, 0.29) is 11.5 Å². The van der Waals surface area contributed by atoms with Crippen LogP contribution in [0.1, 0.15) is 43.9 Å². The summed E-state index contributed by atoms with van der Waals surface area (Å²) in [5, 5.41) is 10.4. The van der Waals surface area contributed by atoms with Crippen molar-refractivity contribution < 1.29 is 9.84 Å². The smallest absolute Gasteiger partial charge is 0.0881 e. The van der Waals surface area contributed by atoms with Crippen molar-refractivity contribution in [2.24, 2.45) is 5.41 Å². The number of ether oxygens (including phenoxy) is 1. The highest BCUT2D eigenvalue weighted by atomic mass is 16.5. The Balaban J connectivity index is 2.08. The minimum atomic E-state index is -0.454. The summed E-state index contributed by atoms with van der Waals surface area (Å²) in [5.74, 6) is 0.